The van der Waals surface area contributed by atoms with Gasteiger partial charge in [0.15, 0.2) is 0 Å². The summed E-state index contributed by atoms with van der Waals surface area (Å²) in [6, 6.07) is 28.5. The van der Waals surface area contributed by atoms with Crippen LogP contribution in [0, 0.1) is 20.8 Å². The molecule has 0 saturated heterocycles. The van der Waals surface area contributed by atoms with E-state index in [0.29, 0.717) is 5.02 Å². The fraction of sp³-hybridized carbons (Fsp3) is 0.103. The normalized spacial score (nSPS) is 11.8. The van der Waals surface area contributed by atoms with E-state index >= 15 is 0 Å². The van der Waals surface area contributed by atoms with Crippen molar-refractivity contribution in [2.45, 2.75) is 20.8 Å². The van der Waals surface area contributed by atoms with Crippen molar-refractivity contribution in [3.63, 3.8) is 0 Å². The van der Waals surface area contributed by atoms with E-state index in [0.717, 1.165) is 32.4 Å². The van der Waals surface area contributed by atoms with Crippen LogP contribution in [0.25, 0.3) is 44.4 Å². The molecule has 0 atom stereocenters. The standard InChI is InChI=1S/C29H22BrClN2/c1-17-10-18(2)12-21(11-17)20-8-9-24-22(15-20)16-28-32(24)25-6-4-5-7-26(25)33(28)27-14-19(3)13-23(30)29(27)31/h4-16H,1-3H3. The number of nitrogens with zero attached hydrogens (tertiary/aromatic N) is 2. The second kappa shape index (κ2) is 7.51. The average Bonchev–Trinajstić information content (AvgIpc) is 3.29. The Kier molecular flexibility index (Phi) is 4.69. The van der Waals surface area contributed by atoms with Gasteiger partial charge in [-0.3, -0.25) is 8.97 Å². The van der Waals surface area contributed by atoms with Gasteiger partial charge in [0.25, 0.3) is 0 Å². The molecule has 2 aromatic heterocycles. The second-order valence-corrected chi connectivity index (χ2v) is 10.1. The highest BCUT2D eigenvalue weighted by molar-refractivity contribution is 9.10. The summed E-state index contributed by atoms with van der Waals surface area (Å²) in [5.41, 5.74) is 11.8. The maximum Gasteiger partial charge on any atom is 0.123 e. The number of aromatic nitrogens is 2. The van der Waals surface area contributed by atoms with Crippen molar-refractivity contribution in [3.8, 4) is 16.8 Å². The van der Waals surface area contributed by atoms with E-state index in [9.17, 15) is 0 Å². The van der Waals surface area contributed by atoms with Crippen molar-refractivity contribution < 1.29 is 0 Å². The Balaban J connectivity index is 1.69. The van der Waals surface area contributed by atoms with Gasteiger partial charge >= 0.3 is 0 Å². The molecule has 33 heavy (non-hydrogen) atoms. The first-order valence-corrected chi connectivity index (χ1v) is 12.2. The summed E-state index contributed by atoms with van der Waals surface area (Å²) in [7, 11) is 0. The number of benzene rings is 4. The highest BCUT2D eigenvalue weighted by Gasteiger charge is 2.18. The molecule has 0 aliphatic heterocycles. The first-order valence-electron chi connectivity index (χ1n) is 11.0. The summed E-state index contributed by atoms with van der Waals surface area (Å²) in [6.07, 6.45) is 0. The van der Waals surface area contributed by atoms with E-state index < -0.39 is 0 Å². The monoisotopic (exact) mass is 512 g/mol. The Bertz CT molecular complexity index is 1700. The van der Waals surface area contributed by atoms with Gasteiger partial charge in [0.2, 0.25) is 0 Å². The van der Waals surface area contributed by atoms with Crippen LogP contribution in [-0.2, 0) is 0 Å². The van der Waals surface area contributed by atoms with E-state index in [1.54, 1.807) is 0 Å². The molecule has 0 unspecified atom stereocenters. The molecular formula is C29H22BrClN2. The van der Waals surface area contributed by atoms with E-state index in [-0.39, 0.29) is 0 Å². The van der Waals surface area contributed by atoms with Gasteiger partial charge in [-0.2, -0.15) is 0 Å². The van der Waals surface area contributed by atoms with Gasteiger partial charge in [-0.05, 0) is 95.9 Å². The second-order valence-electron chi connectivity index (χ2n) is 8.89. The van der Waals surface area contributed by atoms with Crippen molar-refractivity contribution in [2.24, 2.45) is 0 Å². The van der Waals surface area contributed by atoms with Crippen LogP contribution in [0.3, 0.4) is 0 Å². The van der Waals surface area contributed by atoms with Crippen LogP contribution in [0.2, 0.25) is 5.02 Å². The number of hydrogen-bond acceptors (Lipinski definition) is 0. The van der Waals surface area contributed by atoms with Gasteiger partial charge in [-0.25, -0.2) is 0 Å². The molecule has 0 saturated carbocycles. The lowest BCUT2D eigenvalue weighted by Crippen LogP contribution is -1.96. The van der Waals surface area contributed by atoms with E-state index in [1.807, 2.05) is 0 Å². The van der Waals surface area contributed by atoms with E-state index in [4.69, 9.17) is 11.6 Å². The van der Waals surface area contributed by atoms with Gasteiger partial charge in [0.1, 0.15) is 5.65 Å². The fourth-order valence-corrected chi connectivity index (χ4v) is 5.79. The van der Waals surface area contributed by atoms with Crippen LogP contribution in [0.4, 0.5) is 0 Å². The highest BCUT2D eigenvalue weighted by atomic mass is 79.9. The van der Waals surface area contributed by atoms with Crippen LogP contribution in [0.15, 0.2) is 83.3 Å². The molecule has 0 amide bonds. The van der Waals surface area contributed by atoms with Crippen LogP contribution in [-0.4, -0.2) is 8.97 Å². The maximum atomic E-state index is 6.81. The Morgan fingerprint density at radius 1 is 0.667 bits per heavy atom. The highest BCUT2D eigenvalue weighted by Crippen LogP contribution is 2.37. The minimum absolute atomic E-state index is 0.713. The average molecular weight is 514 g/mol. The molecule has 0 radical (unpaired) electrons. The molecule has 0 fully saturated rings. The minimum Gasteiger partial charge on any atom is -0.293 e. The summed E-state index contributed by atoms with van der Waals surface area (Å²) < 4.78 is 5.51. The molecule has 6 aromatic rings. The van der Waals surface area contributed by atoms with Crippen molar-refractivity contribution in [2.75, 3.05) is 0 Å². The van der Waals surface area contributed by atoms with Crippen molar-refractivity contribution in [1.82, 2.24) is 8.97 Å². The topological polar surface area (TPSA) is 9.34 Å². The molecule has 2 nitrogen and oxygen atoms in total. The predicted octanol–water partition coefficient (Wildman–Crippen LogP) is 9.04. The summed E-state index contributed by atoms with van der Waals surface area (Å²) in [5, 5.41) is 1.93. The molecular weight excluding hydrogens is 492 g/mol. The molecule has 162 valence electrons. The van der Waals surface area contributed by atoms with Gasteiger partial charge in [-0.1, -0.05) is 59.1 Å². The zero-order valence-corrected chi connectivity index (χ0v) is 21.0. The van der Waals surface area contributed by atoms with Gasteiger partial charge in [-0.15, -0.1) is 0 Å². The quantitative estimate of drug-likeness (QED) is 0.218. The Labute approximate surface area is 206 Å². The third-order valence-corrected chi connectivity index (χ3v) is 7.57. The number of rotatable bonds is 2. The van der Waals surface area contributed by atoms with Crippen molar-refractivity contribution in [1.29, 1.82) is 0 Å². The van der Waals surface area contributed by atoms with Gasteiger partial charge in [0.05, 0.1) is 27.3 Å². The Hall–Kier alpha value is -3.01. The van der Waals surface area contributed by atoms with Crippen molar-refractivity contribution in [3.05, 3.63) is 105 Å². The Morgan fingerprint density at radius 2 is 1.36 bits per heavy atom. The van der Waals surface area contributed by atoms with E-state index in [1.165, 1.54) is 33.2 Å². The van der Waals surface area contributed by atoms with Crippen LogP contribution < -0.4 is 0 Å². The molecule has 0 bridgehead atoms. The number of halogens is 2. The molecule has 6 rings (SSSR count). The summed E-state index contributed by atoms with van der Waals surface area (Å²) in [5.74, 6) is 0. The fourth-order valence-electron chi connectivity index (χ4n) is 5.03. The van der Waals surface area contributed by atoms with Gasteiger partial charge in [0, 0.05) is 9.86 Å². The third kappa shape index (κ3) is 3.22. The number of aryl methyl sites for hydroxylation is 3. The predicted molar refractivity (Wildman–Crippen MR) is 144 cm³/mol. The zero-order valence-electron chi connectivity index (χ0n) is 18.7. The lowest BCUT2D eigenvalue weighted by molar-refractivity contribution is 1.14. The lowest BCUT2D eigenvalue weighted by Gasteiger charge is -2.11. The lowest BCUT2D eigenvalue weighted by atomic mass is 10.00. The number of para-hydroxylation sites is 2. The van der Waals surface area contributed by atoms with Crippen LogP contribution >= 0.6 is 27.5 Å². The molecule has 0 N–H and O–H groups in total. The van der Waals surface area contributed by atoms with Crippen molar-refractivity contribution >= 4 is 55.1 Å². The van der Waals surface area contributed by atoms with Crippen LogP contribution in [0.1, 0.15) is 16.7 Å². The first kappa shape index (κ1) is 20.6. The Morgan fingerprint density at radius 3 is 2.12 bits per heavy atom. The number of hydrogen-bond donors (Lipinski definition) is 0. The van der Waals surface area contributed by atoms with Crippen LogP contribution in [0.5, 0.6) is 0 Å². The largest absolute Gasteiger partial charge is 0.293 e. The summed E-state index contributed by atoms with van der Waals surface area (Å²) >= 11 is 10.5. The van der Waals surface area contributed by atoms with E-state index in [2.05, 4.69) is 125 Å². The molecule has 0 spiro atoms. The minimum atomic E-state index is 0.713. The zero-order chi connectivity index (χ0) is 22.9. The smallest absolute Gasteiger partial charge is 0.123 e. The summed E-state index contributed by atoms with van der Waals surface area (Å²) in [6.45, 7) is 6.40. The molecule has 0 aliphatic carbocycles. The SMILES string of the molecule is Cc1cc(C)cc(-c2ccc3c(c2)cc2n(-c4cc(C)cc(Br)c4Cl)c4ccccc4n32)c1. The third-order valence-electron chi connectivity index (χ3n) is 6.32. The van der Waals surface area contributed by atoms with Gasteiger partial charge < -0.3 is 0 Å². The maximum absolute atomic E-state index is 6.81. The number of fused-ring (bicyclic) bond motifs is 5. The number of imidazole rings is 1. The summed E-state index contributed by atoms with van der Waals surface area (Å²) in [4.78, 5) is 0. The molecule has 0 aliphatic rings. The molecule has 4 aromatic carbocycles. The first-order chi connectivity index (χ1) is 15.9. The molecule has 2 heterocycles. The molecule has 4 heteroatoms.